The molecule has 174 valence electrons. The predicted octanol–water partition coefficient (Wildman–Crippen LogP) is 2.90. The zero-order chi connectivity index (χ0) is 23.5. The molecule has 2 aromatic rings. The molecule has 0 spiro atoms. The van der Waals surface area contributed by atoms with Crippen LogP contribution in [0.15, 0.2) is 41.3 Å². The average Bonchev–Trinajstić information content (AvgIpc) is 3.04. The fourth-order valence-corrected chi connectivity index (χ4v) is 4.98. The van der Waals surface area contributed by atoms with Gasteiger partial charge in [0.05, 0.1) is 13.7 Å². The lowest BCUT2D eigenvalue weighted by Gasteiger charge is -2.18. The maximum Gasteiger partial charge on any atom is 0.251 e. The maximum atomic E-state index is 12.6. The molecule has 1 aliphatic heterocycles. The molecule has 2 aromatic carbocycles. The summed E-state index contributed by atoms with van der Waals surface area (Å²) in [5, 5.41) is 2.75. The van der Waals surface area contributed by atoms with Crippen LogP contribution in [0.2, 0.25) is 0 Å². The molecule has 1 amide bonds. The fraction of sp³-hybridized carbons (Fsp3) is 0.435. The Bertz CT molecular complexity index is 1100. The Labute approximate surface area is 189 Å². The van der Waals surface area contributed by atoms with E-state index >= 15 is 0 Å². The van der Waals surface area contributed by atoms with Gasteiger partial charge in [0, 0.05) is 23.6 Å². The van der Waals surface area contributed by atoms with E-state index < -0.39 is 15.9 Å². The third-order valence-electron chi connectivity index (χ3n) is 4.81. The number of hydrogen-bond acceptors (Lipinski definition) is 6. The van der Waals surface area contributed by atoms with Crippen molar-refractivity contribution in [3.8, 4) is 17.2 Å². The van der Waals surface area contributed by atoms with Crippen LogP contribution in [0, 0.1) is 0 Å². The Hall–Kier alpha value is -2.78. The van der Waals surface area contributed by atoms with Gasteiger partial charge in [0.2, 0.25) is 10.0 Å². The van der Waals surface area contributed by atoms with Crippen molar-refractivity contribution in [2.75, 3.05) is 20.3 Å². The topological polar surface area (TPSA) is 103 Å². The number of amides is 1. The van der Waals surface area contributed by atoms with Crippen LogP contribution in [0.3, 0.4) is 0 Å². The van der Waals surface area contributed by atoms with Crippen molar-refractivity contribution in [3.63, 3.8) is 0 Å². The first-order valence-electron chi connectivity index (χ1n) is 10.4. The molecule has 0 bridgehead atoms. The van der Waals surface area contributed by atoms with Crippen LogP contribution in [0.1, 0.15) is 43.6 Å². The molecule has 0 atom stereocenters. The van der Waals surface area contributed by atoms with Gasteiger partial charge in [0.25, 0.3) is 5.91 Å². The fourth-order valence-electron chi connectivity index (χ4n) is 3.53. The van der Waals surface area contributed by atoms with Gasteiger partial charge >= 0.3 is 0 Å². The van der Waals surface area contributed by atoms with Gasteiger partial charge in [0.15, 0.2) is 11.5 Å². The van der Waals surface area contributed by atoms with Gasteiger partial charge in [-0.05, 0) is 52.0 Å². The van der Waals surface area contributed by atoms with Crippen LogP contribution >= 0.6 is 0 Å². The minimum absolute atomic E-state index is 0.0859. The van der Waals surface area contributed by atoms with Crippen molar-refractivity contribution in [2.45, 2.75) is 50.7 Å². The lowest BCUT2D eigenvalue weighted by molar-refractivity contribution is 0.0946. The van der Waals surface area contributed by atoms with Crippen LogP contribution in [0.25, 0.3) is 0 Å². The van der Waals surface area contributed by atoms with E-state index in [4.69, 9.17) is 14.2 Å². The summed E-state index contributed by atoms with van der Waals surface area (Å²) in [6.45, 7) is 7.96. The molecule has 3 rings (SSSR count). The van der Waals surface area contributed by atoms with Crippen LogP contribution in [0.4, 0.5) is 0 Å². The standard InChI is InChI=1S/C23H30N2O6S/c1-15(2)25-32(27,28)20-13-16(9-10-18(20)29-5)22(26)24-11-12-30-19-8-6-7-17-14-23(3,4)31-21(17)19/h6-10,13,15,25H,11-12,14H2,1-5H3,(H,24,26). The molecule has 1 aliphatic rings. The van der Waals surface area contributed by atoms with Crippen molar-refractivity contribution in [1.82, 2.24) is 10.0 Å². The van der Waals surface area contributed by atoms with E-state index in [-0.39, 0.29) is 41.0 Å². The molecule has 9 heteroatoms. The van der Waals surface area contributed by atoms with Crippen molar-refractivity contribution < 1.29 is 27.4 Å². The number of nitrogens with one attached hydrogen (secondary N) is 2. The summed E-state index contributed by atoms with van der Waals surface area (Å²) < 4.78 is 44.7. The quantitative estimate of drug-likeness (QED) is 0.556. The van der Waals surface area contributed by atoms with Crippen LogP contribution in [0.5, 0.6) is 17.2 Å². The van der Waals surface area contributed by atoms with Gasteiger partial charge in [-0.25, -0.2) is 13.1 Å². The smallest absolute Gasteiger partial charge is 0.251 e. The van der Waals surface area contributed by atoms with Gasteiger partial charge < -0.3 is 19.5 Å². The second kappa shape index (κ2) is 9.38. The van der Waals surface area contributed by atoms with Crippen molar-refractivity contribution in [3.05, 3.63) is 47.5 Å². The van der Waals surface area contributed by atoms with E-state index in [2.05, 4.69) is 10.0 Å². The monoisotopic (exact) mass is 462 g/mol. The molecule has 8 nitrogen and oxygen atoms in total. The molecular weight excluding hydrogens is 432 g/mol. The highest BCUT2D eigenvalue weighted by atomic mass is 32.2. The third kappa shape index (κ3) is 5.52. The second-order valence-corrected chi connectivity index (χ2v) is 10.2. The molecule has 0 saturated heterocycles. The van der Waals surface area contributed by atoms with Crippen LogP contribution in [-0.2, 0) is 16.4 Å². The molecule has 0 radical (unpaired) electrons. The number of methoxy groups -OCH3 is 1. The lowest BCUT2D eigenvalue weighted by atomic mass is 10.0. The highest BCUT2D eigenvalue weighted by molar-refractivity contribution is 7.89. The van der Waals surface area contributed by atoms with Crippen LogP contribution in [-0.4, -0.2) is 46.2 Å². The summed E-state index contributed by atoms with van der Waals surface area (Å²) in [5.74, 6) is 1.14. The number of hydrogen-bond donors (Lipinski definition) is 2. The Morgan fingerprint density at radius 3 is 2.62 bits per heavy atom. The van der Waals surface area contributed by atoms with Crippen molar-refractivity contribution in [2.24, 2.45) is 0 Å². The number of sulfonamides is 1. The second-order valence-electron chi connectivity index (χ2n) is 8.53. The molecule has 2 N–H and O–H groups in total. The molecule has 1 heterocycles. The SMILES string of the molecule is COc1ccc(C(=O)NCCOc2cccc3c2OC(C)(C)C3)cc1S(=O)(=O)NC(C)C. The summed E-state index contributed by atoms with van der Waals surface area (Å²) in [7, 11) is -2.45. The van der Waals surface area contributed by atoms with Crippen molar-refractivity contribution in [1.29, 1.82) is 0 Å². The minimum Gasteiger partial charge on any atom is -0.495 e. The summed E-state index contributed by atoms with van der Waals surface area (Å²) in [5.41, 5.74) is 1.03. The molecule has 32 heavy (non-hydrogen) atoms. The number of fused-ring (bicyclic) bond motifs is 1. The lowest BCUT2D eigenvalue weighted by Crippen LogP contribution is -2.31. The molecule has 0 saturated carbocycles. The normalized spacial score (nSPS) is 14.6. The Balaban J connectivity index is 1.63. The predicted molar refractivity (Wildman–Crippen MR) is 121 cm³/mol. The summed E-state index contributed by atoms with van der Waals surface area (Å²) in [6, 6.07) is 9.76. The summed E-state index contributed by atoms with van der Waals surface area (Å²) in [6.07, 6.45) is 0.810. The third-order valence-corrected chi connectivity index (χ3v) is 6.49. The van der Waals surface area contributed by atoms with Crippen LogP contribution < -0.4 is 24.2 Å². The van der Waals surface area contributed by atoms with Gasteiger partial charge in [-0.2, -0.15) is 0 Å². The van der Waals surface area contributed by atoms with Crippen molar-refractivity contribution >= 4 is 15.9 Å². The zero-order valence-corrected chi connectivity index (χ0v) is 19.8. The average molecular weight is 463 g/mol. The van der Waals surface area contributed by atoms with Gasteiger partial charge in [-0.15, -0.1) is 0 Å². The first kappa shape index (κ1) is 23.9. The van der Waals surface area contributed by atoms with Gasteiger partial charge in [-0.1, -0.05) is 12.1 Å². The van der Waals surface area contributed by atoms with Gasteiger partial charge in [0.1, 0.15) is 22.9 Å². The number of rotatable bonds is 9. The van der Waals surface area contributed by atoms with E-state index in [9.17, 15) is 13.2 Å². The first-order chi connectivity index (χ1) is 15.0. The molecular formula is C23H30N2O6S. The number of para-hydroxylation sites is 1. The summed E-state index contributed by atoms with van der Waals surface area (Å²) >= 11 is 0. The number of benzene rings is 2. The number of ether oxygens (including phenoxy) is 3. The van der Waals surface area contributed by atoms with E-state index in [0.29, 0.717) is 5.75 Å². The number of carbonyl (C=O) groups is 1. The minimum atomic E-state index is -3.83. The highest BCUT2D eigenvalue weighted by Crippen LogP contribution is 2.41. The molecule has 0 unspecified atom stereocenters. The molecule has 0 aliphatic carbocycles. The van der Waals surface area contributed by atoms with E-state index in [1.54, 1.807) is 13.8 Å². The number of carbonyl (C=O) groups excluding carboxylic acids is 1. The molecule has 0 fully saturated rings. The highest BCUT2D eigenvalue weighted by Gasteiger charge is 2.32. The van der Waals surface area contributed by atoms with Gasteiger partial charge in [-0.3, -0.25) is 4.79 Å². The largest absolute Gasteiger partial charge is 0.495 e. The Morgan fingerprint density at radius 2 is 1.94 bits per heavy atom. The Kier molecular flexibility index (Phi) is 7.00. The van der Waals surface area contributed by atoms with E-state index in [1.807, 2.05) is 32.0 Å². The van der Waals surface area contributed by atoms with E-state index in [0.717, 1.165) is 17.7 Å². The molecule has 0 aromatic heterocycles. The van der Waals surface area contributed by atoms with E-state index in [1.165, 1.54) is 25.3 Å². The zero-order valence-electron chi connectivity index (χ0n) is 19.0. The Morgan fingerprint density at radius 1 is 1.19 bits per heavy atom. The maximum absolute atomic E-state index is 12.6. The first-order valence-corrected chi connectivity index (χ1v) is 11.9. The summed E-state index contributed by atoms with van der Waals surface area (Å²) in [4.78, 5) is 12.5.